The third-order valence-corrected chi connectivity index (χ3v) is 3.99. The van der Waals surface area contributed by atoms with Crippen molar-refractivity contribution in [3.63, 3.8) is 0 Å². The van der Waals surface area contributed by atoms with Crippen LogP contribution in [0.25, 0.3) is 6.08 Å². The van der Waals surface area contributed by atoms with Crippen LogP contribution in [0.1, 0.15) is 5.76 Å². The second kappa shape index (κ2) is 6.19. The number of hydrogen-bond acceptors (Lipinski definition) is 6. The van der Waals surface area contributed by atoms with E-state index < -0.39 is 11.8 Å². The van der Waals surface area contributed by atoms with E-state index in [0.717, 1.165) is 17.6 Å². The molecular formula is C13H12BrN3O4S. The second-order valence-electron chi connectivity index (χ2n) is 4.70. The number of carbonyl (C=O) groups excluding carboxylic acids is 2. The van der Waals surface area contributed by atoms with Gasteiger partial charge in [-0.05, 0) is 34.2 Å². The van der Waals surface area contributed by atoms with E-state index >= 15 is 0 Å². The Labute approximate surface area is 139 Å². The summed E-state index contributed by atoms with van der Waals surface area (Å²) in [6, 6.07) is 1.71. The van der Waals surface area contributed by atoms with Crippen LogP contribution >= 0.6 is 28.1 Å². The van der Waals surface area contributed by atoms with Crippen LogP contribution < -0.4 is 15.5 Å². The number of anilines is 1. The average Bonchev–Trinajstić information content (AvgIpc) is 2.84. The van der Waals surface area contributed by atoms with Crippen LogP contribution in [0.2, 0.25) is 0 Å². The fraction of sp³-hybridized carbons (Fsp3) is 0.308. The van der Waals surface area contributed by atoms with Gasteiger partial charge in [-0.25, -0.2) is 0 Å². The molecule has 1 aromatic heterocycles. The fourth-order valence-electron chi connectivity index (χ4n) is 2.18. The van der Waals surface area contributed by atoms with Gasteiger partial charge in [0, 0.05) is 19.2 Å². The van der Waals surface area contributed by atoms with Gasteiger partial charge in [-0.2, -0.15) is 0 Å². The zero-order chi connectivity index (χ0) is 15.7. The maximum Gasteiger partial charge on any atom is 0.263 e. The topological polar surface area (TPSA) is 83.8 Å². The Hall–Kier alpha value is -1.71. The molecule has 116 valence electrons. The van der Waals surface area contributed by atoms with Crippen LogP contribution in [-0.4, -0.2) is 43.2 Å². The lowest BCUT2D eigenvalue weighted by atomic mass is 10.1. The van der Waals surface area contributed by atoms with Crippen LogP contribution in [0.4, 0.5) is 5.88 Å². The van der Waals surface area contributed by atoms with Crippen molar-refractivity contribution in [2.45, 2.75) is 0 Å². The summed E-state index contributed by atoms with van der Waals surface area (Å²) < 4.78 is 11.8. The Morgan fingerprint density at radius 1 is 1.23 bits per heavy atom. The SMILES string of the molecule is O=C1NC(=S)NC(=O)C1=Cc1cc(Br)c(N2CCOCC2)o1. The van der Waals surface area contributed by atoms with Crippen molar-refractivity contribution in [3.8, 4) is 0 Å². The fourth-order valence-corrected chi connectivity index (χ4v) is 2.92. The molecule has 0 bridgehead atoms. The van der Waals surface area contributed by atoms with Crippen LogP contribution in [-0.2, 0) is 14.3 Å². The molecular weight excluding hydrogens is 374 g/mol. The maximum absolute atomic E-state index is 11.8. The van der Waals surface area contributed by atoms with Gasteiger partial charge in [0.25, 0.3) is 11.8 Å². The molecule has 0 aromatic carbocycles. The number of morpholine rings is 1. The van der Waals surface area contributed by atoms with E-state index in [1.807, 2.05) is 4.90 Å². The van der Waals surface area contributed by atoms with Gasteiger partial charge in [-0.15, -0.1) is 0 Å². The van der Waals surface area contributed by atoms with Crippen molar-refractivity contribution in [2.75, 3.05) is 31.2 Å². The van der Waals surface area contributed by atoms with Crippen molar-refractivity contribution < 1.29 is 18.7 Å². The van der Waals surface area contributed by atoms with E-state index in [1.165, 1.54) is 6.08 Å². The molecule has 0 aliphatic carbocycles. The lowest BCUT2D eigenvalue weighted by molar-refractivity contribution is -0.123. The molecule has 2 amide bonds. The maximum atomic E-state index is 11.8. The van der Waals surface area contributed by atoms with E-state index in [1.54, 1.807) is 6.07 Å². The number of hydrogen-bond donors (Lipinski definition) is 2. The summed E-state index contributed by atoms with van der Waals surface area (Å²) in [6.07, 6.45) is 1.39. The lowest BCUT2D eigenvalue weighted by Crippen LogP contribution is -2.51. The van der Waals surface area contributed by atoms with E-state index in [9.17, 15) is 9.59 Å². The molecule has 0 atom stereocenters. The Morgan fingerprint density at radius 3 is 2.50 bits per heavy atom. The molecule has 3 rings (SSSR count). The van der Waals surface area contributed by atoms with Crippen LogP contribution in [0.3, 0.4) is 0 Å². The predicted octanol–water partition coefficient (Wildman–Crippen LogP) is 0.793. The minimum Gasteiger partial charge on any atom is -0.440 e. The molecule has 2 aliphatic rings. The molecule has 3 heterocycles. The van der Waals surface area contributed by atoms with Crippen molar-refractivity contribution >= 4 is 57.0 Å². The van der Waals surface area contributed by atoms with Gasteiger partial charge in [0.2, 0.25) is 5.88 Å². The monoisotopic (exact) mass is 385 g/mol. The number of thiocarbonyl (C=S) groups is 1. The first kappa shape index (κ1) is 15.2. The number of nitrogens with one attached hydrogen (secondary N) is 2. The molecule has 0 unspecified atom stereocenters. The van der Waals surface area contributed by atoms with Gasteiger partial charge in [0.05, 0.1) is 17.7 Å². The number of carbonyl (C=O) groups is 2. The molecule has 2 N–H and O–H groups in total. The number of halogens is 1. The lowest BCUT2D eigenvalue weighted by Gasteiger charge is -2.26. The largest absolute Gasteiger partial charge is 0.440 e. The number of amides is 2. The molecule has 1 aromatic rings. The van der Waals surface area contributed by atoms with Crippen LogP contribution in [0, 0.1) is 0 Å². The predicted molar refractivity (Wildman–Crippen MR) is 86.3 cm³/mol. The Bertz CT molecular complexity index is 657. The van der Waals surface area contributed by atoms with Gasteiger partial charge in [0.15, 0.2) is 5.11 Å². The highest BCUT2D eigenvalue weighted by Crippen LogP contribution is 2.32. The van der Waals surface area contributed by atoms with Gasteiger partial charge < -0.3 is 14.1 Å². The van der Waals surface area contributed by atoms with Crippen molar-refractivity contribution in [1.29, 1.82) is 0 Å². The zero-order valence-corrected chi connectivity index (χ0v) is 13.8. The highest BCUT2D eigenvalue weighted by Gasteiger charge is 2.27. The summed E-state index contributed by atoms with van der Waals surface area (Å²) in [5.74, 6) is -0.0350. The van der Waals surface area contributed by atoms with Gasteiger partial charge in [-0.1, -0.05) is 0 Å². The third kappa shape index (κ3) is 3.06. The number of ether oxygens (including phenoxy) is 1. The second-order valence-corrected chi connectivity index (χ2v) is 5.96. The van der Waals surface area contributed by atoms with E-state index in [0.29, 0.717) is 24.9 Å². The van der Waals surface area contributed by atoms with Crippen molar-refractivity contribution in [1.82, 2.24) is 10.6 Å². The highest BCUT2D eigenvalue weighted by molar-refractivity contribution is 9.10. The van der Waals surface area contributed by atoms with Gasteiger partial charge in [0.1, 0.15) is 11.3 Å². The summed E-state index contributed by atoms with van der Waals surface area (Å²) in [7, 11) is 0. The Balaban J connectivity index is 1.86. The summed E-state index contributed by atoms with van der Waals surface area (Å²) in [5, 5.41) is 4.76. The standard InChI is InChI=1S/C13H12BrN3O4S/c14-9-6-7(21-12(9)17-1-3-20-4-2-17)5-8-10(18)15-13(22)16-11(8)19/h5-6H,1-4H2,(H2,15,16,18,19,22). The minimum atomic E-state index is -0.547. The zero-order valence-electron chi connectivity index (χ0n) is 11.3. The molecule has 0 radical (unpaired) electrons. The summed E-state index contributed by atoms with van der Waals surface area (Å²) in [5.41, 5.74) is -0.0524. The minimum absolute atomic E-state index is 0.00165. The molecule has 2 saturated heterocycles. The van der Waals surface area contributed by atoms with Gasteiger partial charge >= 0.3 is 0 Å². The van der Waals surface area contributed by atoms with E-state index in [4.69, 9.17) is 21.4 Å². The van der Waals surface area contributed by atoms with E-state index in [2.05, 4.69) is 26.6 Å². The van der Waals surface area contributed by atoms with Crippen LogP contribution in [0.5, 0.6) is 0 Å². The molecule has 0 spiro atoms. The number of furan rings is 1. The normalized spacial score (nSPS) is 19.0. The number of nitrogens with zero attached hydrogens (tertiary/aromatic N) is 1. The average molecular weight is 386 g/mol. The Kier molecular flexibility index (Phi) is 4.27. The summed E-state index contributed by atoms with van der Waals surface area (Å²) >= 11 is 8.18. The van der Waals surface area contributed by atoms with Crippen molar-refractivity contribution in [2.24, 2.45) is 0 Å². The summed E-state index contributed by atoms with van der Waals surface area (Å²) in [4.78, 5) is 25.6. The first-order chi connectivity index (χ1) is 10.5. The smallest absolute Gasteiger partial charge is 0.263 e. The Morgan fingerprint density at radius 2 is 1.86 bits per heavy atom. The van der Waals surface area contributed by atoms with Crippen LogP contribution in [0.15, 0.2) is 20.5 Å². The molecule has 22 heavy (non-hydrogen) atoms. The quantitative estimate of drug-likeness (QED) is 0.444. The third-order valence-electron chi connectivity index (χ3n) is 3.22. The number of rotatable bonds is 2. The molecule has 0 saturated carbocycles. The van der Waals surface area contributed by atoms with Crippen molar-refractivity contribution in [3.05, 3.63) is 21.9 Å². The molecule has 9 heteroatoms. The highest BCUT2D eigenvalue weighted by atomic mass is 79.9. The summed E-state index contributed by atoms with van der Waals surface area (Å²) in [6.45, 7) is 2.70. The molecule has 2 fully saturated rings. The first-order valence-electron chi connectivity index (χ1n) is 6.55. The molecule has 7 nitrogen and oxygen atoms in total. The van der Waals surface area contributed by atoms with Gasteiger partial charge in [-0.3, -0.25) is 20.2 Å². The van der Waals surface area contributed by atoms with E-state index in [-0.39, 0.29) is 10.7 Å². The molecule has 2 aliphatic heterocycles. The first-order valence-corrected chi connectivity index (χ1v) is 7.75.